The molecular weight excluding hydrogens is 439 g/mol. The Labute approximate surface area is 176 Å². The zero-order chi connectivity index (χ0) is 18.2. The van der Waals surface area contributed by atoms with Gasteiger partial charge in [0.1, 0.15) is 0 Å². The van der Waals surface area contributed by atoms with Crippen molar-refractivity contribution in [3.05, 3.63) is 18.7 Å². The average molecular weight is 476 g/mol. The Balaban J connectivity index is 0.00000338. The van der Waals surface area contributed by atoms with Crippen LogP contribution in [0.15, 0.2) is 23.7 Å². The van der Waals surface area contributed by atoms with E-state index in [0.29, 0.717) is 18.0 Å². The van der Waals surface area contributed by atoms with Crippen molar-refractivity contribution < 1.29 is 0 Å². The largest absolute Gasteiger partial charge is 0.357 e. The summed E-state index contributed by atoms with van der Waals surface area (Å²) in [4.78, 5) is 13.9. The van der Waals surface area contributed by atoms with Crippen molar-refractivity contribution in [2.75, 3.05) is 39.8 Å². The predicted octanol–water partition coefficient (Wildman–Crippen LogP) is 3.08. The molecule has 7 heteroatoms. The smallest absolute Gasteiger partial charge is 0.194 e. The van der Waals surface area contributed by atoms with Crippen LogP contribution in [0, 0.1) is 5.92 Å². The van der Waals surface area contributed by atoms with Crippen molar-refractivity contribution in [3.8, 4) is 0 Å². The topological polar surface area (TPSA) is 48.7 Å². The highest BCUT2D eigenvalue weighted by molar-refractivity contribution is 14.0. The number of hydrogen-bond donors (Lipinski definition) is 1. The zero-order valence-corrected chi connectivity index (χ0v) is 19.4. The van der Waals surface area contributed by atoms with Crippen LogP contribution in [0.2, 0.25) is 0 Å². The number of aliphatic imine (C=N–C) groups is 1. The van der Waals surface area contributed by atoms with E-state index >= 15 is 0 Å². The molecule has 1 aromatic rings. The molecule has 0 aromatic carbocycles. The third-order valence-electron chi connectivity index (χ3n) is 5.52. The molecule has 0 spiro atoms. The molecule has 1 saturated heterocycles. The number of halogens is 1. The first-order valence-corrected chi connectivity index (χ1v) is 9.77. The molecule has 0 radical (unpaired) electrons. The van der Waals surface area contributed by atoms with Gasteiger partial charge in [0, 0.05) is 44.6 Å². The summed E-state index contributed by atoms with van der Waals surface area (Å²) >= 11 is 0. The lowest BCUT2D eigenvalue weighted by Crippen LogP contribution is -2.49. The lowest BCUT2D eigenvalue weighted by molar-refractivity contribution is 0.188. The van der Waals surface area contributed by atoms with Gasteiger partial charge >= 0.3 is 0 Å². The standard InChI is InChI=1S/C19H36N6.HI/c1-6-17(4)23(5)12-10-22-19(21-7-2)24-11-8-16(3)18(14-24)25-13-9-20-15-25;/h9,13,15-18H,6-8,10-12,14H2,1-5H3,(H,21,22);1H. The minimum absolute atomic E-state index is 0. The van der Waals surface area contributed by atoms with Crippen LogP contribution in [0.5, 0.6) is 0 Å². The molecule has 0 saturated carbocycles. The number of piperidine rings is 1. The average Bonchev–Trinajstić information content (AvgIpc) is 3.15. The number of likely N-dealkylation sites (N-methyl/N-ethyl adjacent to an activating group) is 1. The number of hydrogen-bond acceptors (Lipinski definition) is 3. The van der Waals surface area contributed by atoms with Crippen LogP contribution in [0.1, 0.15) is 46.6 Å². The zero-order valence-electron chi connectivity index (χ0n) is 17.1. The number of guanidine groups is 1. The molecule has 3 unspecified atom stereocenters. The molecule has 1 N–H and O–H groups in total. The SMILES string of the molecule is CCNC(=NCCN(C)C(C)CC)N1CCC(C)C(n2ccnc2)C1.I. The molecule has 0 bridgehead atoms. The second kappa shape index (κ2) is 11.8. The van der Waals surface area contributed by atoms with Crippen LogP contribution < -0.4 is 5.32 Å². The fourth-order valence-electron chi connectivity index (χ4n) is 3.37. The fourth-order valence-corrected chi connectivity index (χ4v) is 3.37. The van der Waals surface area contributed by atoms with Crippen molar-refractivity contribution >= 4 is 29.9 Å². The van der Waals surface area contributed by atoms with Gasteiger partial charge < -0.3 is 19.7 Å². The Morgan fingerprint density at radius 3 is 2.81 bits per heavy atom. The summed E-state index contributed by atoms with van der Waals surface area (Å²) in [7, 11) is 2.19. The van der Waals surface area contributed by atoms with Crippen molar-refractivity contribution in [1.82, 2.24) is 24.7 Å². The summed E-state index contributed by atoms with van der Waals surface area (Å²) in [6, 6.07) is 1.07. The highest BCUT2D eigenvalue weighted by Crippen LogP contribution is 2.27. The van der Waals surface area contributed by atoms with Crippen molar-refractivity contribution in [3.63, 3.8) is 0 Å². The normalized spacial score (nSPS) is 22.2. The Kier molecular flexibility index (Phi) is 10.5. The maximum atomic E-state index is 4.90. The molecule has 150 valence electrons. The van der Waals surface area contributed by atoms with Gasteiger partial charge in [-0.25, -0.2) is 4.98 Å². The number of imidazole rings is 1. The van der Waals surface area contributed by atoms with Gasteiger partial charge in [-0.3, -0.25) is 4.99 Å². The summed E-state index contributed by atoms with van der Waals surface area (Å²) in [5.74, 6) is 1.71. The summed E-state index contributed by atoms with van der Waals surface area (Å²) in [5, 5.41) is 3.48. The molecule has 26 heavy (non-hydrogen) atoms. The molecule has 1 aliphatic rings. The molecule has 2 heterocycles. The van der Waals surface area contributed by atoms with Gasteiger partial charge in [-0.05, 0) is 39.7 Å². The number of aromatic nitrogens is 2. The molecule has 1 aromatic heterocycles. The number of nitrogens with zero attached hydrogens (tertiary/aromatic N) is 5. The molecule has 0 amide bonds. The van der Waals surface area contributed by atoms with E-state index in [9.17, 15) is 0 Å². The highest BCUT2D eigenvalue weighted by atomic mass is 127. The van der Waals surface area contributed by atoms with Crippen LogP contribution >= 0.6 is 24.0 Å². The van der Waals surface area contributed by atoms with Gasteiger partial charge in [-0.1, -0.05) is 13.8 Å². The van der Waals surface area contributed by atoms with Gasteiger partial charge in [0.2, 0.25) is 0 Å². The van der Waals surface area contributed by atoms with Gasteiger partial charge in [0.15, 0.2) is 5.96 Å². The number of rotatable bonds is 7. The Hall–Kier alpha value is -0.830. The van der Waals surface area contributed by atoms with Gasteiger partial charge in [-0.15, -0.1) is 24.0 Å². The molecule has 1 fully saturated rings. The molecule has 2 rings (SSSR count). The maximum absolute atomic E-state index is 4.90. The third kappa shape index (κ3) is 6.40. The van der Waals surface area contributed by atoms with Crippen LogP contribution in [0.25, 0.3) is 0 Å². The lowest BCUT2D eigenvalue weighted by atomic mass is 9.93. The van der Waals surface area contributed by atoms with E-state index in [1.807, 2.05) is 12.5 Å². The van der Waals surface area contributed by atoms with E-state index in [2.05, 4.69) is 65.6 Å². The first kappa shape index (κ1) is 23.2. The van der Waals surface area contributed by atoms with E-state index in [0.717, 1.165) is 38.7 Å². The monoisotopic (exact) mass is 476 g/mol. The minimum Gasteiger partial charge on any atom is -0.357 e. The van der Waals surface area contributed by atoms with E-state index in [1.165, 1.54) is 12.8 Å². The summed E-state index contributed by atoms with van der Waals surface area (Å²) in [6.07, 6.45) is 8.25. The Morgan fingerprint density at radius 1 is 1.42 bits per heavy atom. The van der Waals surface area contributed by atoms with Gasteiger partial charge in [-0.2, -0.15) is 0 Å². The minimum atomic E-state index is 0. The fraction of sp³-hybridized carbons (Fsp3) is 0.789. The Morgan fingerprint density at radius 2 is 2.19 bits per heavy atom. The first-order valence-electron chi connectivity index (χ1n) is 9.77. The van der Waals surface area contributed by atoms with E-state index in [-0.39, 0.29) is 24.0 Å². The molecule has 3 atom stereocenters. The van der Waals surface area contributed by atoms with Crippen LogP contribution in [-0.2, 0) is 0 Å². The summed E-state index contributed by atoms with van der Waals surface area (Å²) in [6.45, 7) is 13.8. The molecule has 1 aliphatic heterocycles. The van der Waals surface area contributed by atoms with Gasteiger partial charge in [0.25, 0.3) is 0 Å². The quantitative estimate of drug-likeness (QED) is 0.374. The molecule has 0 aliphatic carbocycles. The van der Waals surface area contributed by atoms with Crippen molar-refractivity contribution in [2.45, 2.75) is 52.6 Å². The van der Waals surface area contributed by atoms with Crippen LogP contribution in [0.3, 0.4) is 0 Å². The van der Waals surface area contributed by atoms with Crippen LogP contribution in [-0.4, -0.2) is 71.1 Å². The second-order valence-corrected chi connectivity index (χ2v) is 7.26. The van der Waals surface area contributed by atoms with Crippen molar-refractivity contribution in [2.24, 2.45) is 10.9 Å². The highest BCUT2D eigenvalue weighted by Gasteiger charge is 2.28. The number of likely N-dealkylation sites (tertiary alicyclic amines) is 1. The van der Waals surface area contributed by atoms with Crippen LogP contribution in [0.4, 0.5) is 0 Å². The number of nitrogens with one attached hydrogen (secondary N) is 1. The third-order valence-corrected chi connectivity index (χ3v) is 5.52. The van der Waals surface area contributed by atoms with Crippen molar-refractivity contribution in [1.29, 1.82) is 0 Å². The predicted molar refractivity (Wildman–Crippen MR) is 120 cm³/mol. The summed E-state index contributed by atoms with van der Waals surface area (Å²) < 4.78 is 2.25. The van der Waals surface area contributed by atoms with E-state index < -0.39 is 0 Å². The van der Waals surface area contributed by atoms with Gasteiger partial charge in [0.05, 0.1) is 18.9 Å². The molecular formula is C19H37IN6. The Bertz CT molecular complexity index is 518. The van der Waals surface area contributed by atoms with E-state index in [1.54, 1.807) is 0 Å². The van der Waals surface area contributed by atoms with E-state index in [4.69, 9.17) is 4.99 Å². The lowest BCUT2D eigenvalue weighted by Gasteiger charge is -2.39. The molecule has 6 nitrogen and oxygen atoms in total. The summed E-state index contributed by atoms with van der Waals surface area (Å²) in [5.41, 5.74) is 0. The maximum Gasteiger partial charge on any atom is 0.194 e. The second-order valence-electron chi connectivity index (χ2n) is 7.26. The first-order chi connectivity index (χ1) is 12.1.